The van der Waals surface area contributed by atoms with Crippen molar-refractivity contribution >= 4 is 29.4 Å². The fraction of sp³-hybridized carbons (Fsp3) is 0.286. The van der Waals surface area contributed by atoms with Crippen molar-refractivity contribution in [1.29, 1.82) is 0 Å². The zero-order chi connectivity index (χ0) is 19.7. The third kappa shape index (κ3) is 3.20. The number of esters is 1. The Balaban J connectivity index is 1.48. The molecule has 2 aliphatic heterocycles. The fourth-order valence-electron chi connectivity index (χ4n) is 3.79. The van der Waals surface area contributed by atoms with Gasteiger partial charge in [-0.1, -0.05) is 42.5 Å². The number of hydrogen-bond donors (Lipinski definition) is 0. The van der Waals surface area contributed by atoms with Gasteiger partial charge in [-0.3, -0.25) is 9.59 Å². The van der Waals surface area contributed by atoms with Crippen molar-refractivity contribution in [3.8, 4) is 0 Å². The number of halogens is 1. The highest BCUT2D eigenvalue weighted by Gasteiger charge is 2.57. The number of ketones is 1. The molecule has 4 rings (SSSR count). The molecule has 0 radical (unpaired) electrons. The number of benzene rings is 2. The van der Waals surface area contributed by atoms with Gasteiger partial charge >= 0.3 is 5.97 Å². The summed E-state index contributed by atoms with van der Waals surface area (Å²) in [6.07, 6.45) is 1.00. The van der Waals surface area contributed by atoms with Gasteiger partial charge in [0.05, 0.1) is 0 Å². The largest absolute Gasteiger partial charge is 0.456 e. The molecule has 0 bridgehead atoms. The highest BCUT2D eigenvalue weighted by atomic mass is 32.2. The molecule has 2 aliphatic rings. The molecule has 28 heavy (non-hydrogen) atoms. The molecule has 0 aliphatic carbocycles. The van der Waals surface area contributed by atoms with Crippen molar-refractivity contribution in [2.24, 2.45) is 0 Å². The molecular weight excluding hydrogens is 381 g/mol. The predicted octanol–water partition coefficient (Wildman–Crippen LogP) is 3.14. The van der Waals surface area contributed by atoms with Crippen LogP contribution in [0.4, 0.5) is 4.39 Å². The molecule has 0 saturated carbocycles. The van der Waals surface area contributed by atoms with Crippen LogP contribution in [0, 0.1) is 5.82 Å². The molecule has 0 unspecified atom stereocenters. The van der Waals surface area contributed by atoms with E-state index in [-0.39, 0.29) is 11.5 Å². The first-order valence-electron chi connectivity index (χ1n) is 8.98. The van der Waals surface area contributed by atoms with Crippen LogP contribution in [-0.2, 0) is 19.2 Å². The van der Waals surface area contributed by atoms with E-state index in [1.165, 1.54) is 18.2 Å². The van der Waals surface area contributed by atoms with E-state index in [4.69, 9.17) is 4.74 Å². The second-order valence-electron chi connectivity index (χ2n) is 6.78. The van der Waals surface area contributed by atoms with E-state index in [9.17, 15) is 18.8 Å². The molecule has 2 saturated heterocycles. The Kier molecular flexibility index (Phi) is 4.93. The quantitative estimate of drug-likeness (QED) is 0.571. The van der Waals surface area contributed by atoms with Gasteiger partial charge in [-0.25, -0.2) is 9.18 Å². The van der Waals surface area contributed by atoms with Crippen molar-refractivity contribution in [2.45, 2.75) is 23.8 Å². The summed E-state index contributed by atoms with van der Waals surface area (Å²) in [5.41, 5.74) is 1.13. The van der Waals surface area contributed by atoms with E-state index in [1.54, 1.807) is 16.7 Å². The SMILES string of the molecule is O=C(COC(=O)[C@@H]1CS[C@]2(c3ccccc3)CCC(=O)N12)c1cccc(F)c1. The summed E-state index contributed by atoms with van der Waals surface area (Å²) in [5, 5.41) is 0. The Morgan fingerprint density at radius 3 is 2.71 bits per heavy atom. The smallest absolute Gasteiger partial charge is 0.330 e. The van der Waals surface area contributed by atoms with Gasteiger partial charge in [0.2, 0.25) is 5.91 Å². The Hall–Kier alpha value is -2.67. The Labute approximate surface area is 165 Å². The average molecular weight is 399 g/mol. The Morgan fingerprint density at radius 2 is 1.96 bits per heavy atom. The number of hydrogen-bond acceptors (Lipinski definition) is 5. The van der Waals surface area contributed by atoms with Crippen LogP contribution >= 0.6 is 11.8 Å². The normalized spacial score (nSPS) is 23.5. The minimum absolute atomic E-state index is 0.0905. The maximum absolute atomic E-state index is 13.3. The molecule has 2 atom stereocenters. The van der Waals surface area contributed by atoms with Crippen molar-refractivity contribution < 1.29 is 23.5 Å². The summed E-state index contributed by atoms with van der Waals surface area (Å²) in [6, 6.07) is 14.1. The molecule has 5 nitrogen and oxygen atoms in total. The Bertz CT molecular complexity index is 935. The molecule has 2 heterocycles. The van der Waals surface area contributed by atoms with Crippen LogP contribution in [0.5, 0.6) is 0 Å². The molecule has 2 fully saturated rings. The van der Waals surface area contributed by atoms with E-state index in [1.807, 2.05) is 30.3 Å². The molecule has 2 aromatic carbocycles. The van der Waals surface area contributed by atoms with Gasteiger partial charge in [0.15, 0.2) is 12.4 Å². The maximum Gasteiger partial charge on any atom is 0.330 e. The zero-order valence-corrected chi connectivity index (χ0v) is 15.8. The first-order valence-corrected chi connectivity index (χ1v) is 9.97. The molecule has 7 heteroatoms. The predicted molar refractivity (Wildman–Crippen MR) is 102 cm³/mol. The van der Waals surface area contributed by atoms with Gasteiger partial charge < -0.3 is 9.64 Å². The van der Waals surface area contributed by atoms with Gasteiger partial charge in [0, 0.05) is 17.7 Å². The Morgan fingerprint density at radius 1 is 1.18 bits per heavy atom. The van der Waals surface area contributed by atoms with E-state index in [0.29, 0.717) is 18.6 Å². The van der Waals surface area contributed by atoms with Crippen LogP contribution in [0.2, 0.25) is 0 Å². The lowest BCUT2D eigenvalue weighted by molar-refractivity contribution is -0.152. The number of amides is 1. The van der Waals surface area contributed by atoms with Gasteiger partial charge in [-0.05, 0) is 24.1 Å². The molecule has 0 N–H and O–H groups in total. The monoisotopic (exact) mass is 399 g/mol. The number of ether oxygens (including phenoxy) is 1. The van der Waals surface area contributed by atoms with Gasteiger partial charge in [-0.2, -0.15) is 0 Å². The number of thioether (sulfide) groups is 1. The van der Waals surface area contributed by atoms with Gasteiger partial charge in [0.1, 0.15) is 16.7 Å². The van der Waals surface area contributed by atoms with Crippen LogP contribution < -0.4 is 0 Å². The van der Waals surface area contributed by atoms with Gasteiger partial charge in [0.25, 0.3) is 0 Å². The highest BCUT2D eigenvalue weighted by Crippen LogP contribution is 2.54. The first-order chi connectivity index (χ1) is 13.5. The summed E-state index contributed by atoms with van der Waals surface area (Å²) in [4.78, 5) is 38.4. The summed E-state index contributed by atoms with van der Waals surface area (Å²) in [5.74, 6) is -1.30. The lowest BCUT2D eigenvalue weighted by Crippen LogP contribution is -2.47. The number of nitrogens with zero attached hydrogens (tertiary/aromatic N) is 1. The van der Waals surface area contributed by atoms with E-state index >= 15 is 0 Å². The van der Waals surface area contributed by atoms with E-state index < -0.39 is 35.1 Å². The number of carbonyl (C=O) groups is 3. The van der Waals surface area contributed by atoms with Crippen molar-refractivity contribution in [2.75, 3.05) is 12.4 Å². The number of fused-ring (bicyclic) bond motifs is 1. The maximum atomic E-state index is 13.3. The van der Waals surface area contributed by atoms with Crippen LogP contribution in [0.15, 0.2) is 54.6 Å². The van der Waals surface area contributed by atoms with Crippen molar-refractivity contribution in [3.63, 3.8) is 0 Å². The summed E-state index contributed by atoms with van der Waals surface area (Å²) in [6.45, 7) is -0.482. The third-order valence-corrected chi connectivity index (χ3v) is 6.71. The molecule has 1 amide bonds. The standard InChI is InChI=1S/C21H18FNO4S/c22-16-8-4-5-14(11-16)18(24)12-27-20(26)17-13-28-21(10-9-19(25)23(17)21)15-6-2-1-3-7-15/h1-8,11,17H,9-10,12-13H2/t17-,21-/m0/s1. The molecular formula is C21H18FNO4S. The van der Waals surface area contributed by atoms with Crippen LogP contribution in [0.3, 0.4) is 0 Å². The second-order valence-corrected chi connectivity index (χ2v) is 8.08. The number of rotatable bonds is 5. The van der Waals surface area contributed by atoms with E-state index in [0.717, 1.165) is 11.6 Å². The number of Topliss-reactive ketones (excluding diaryl/α,β-unsaturated/α-hetero) is 1. The van der Waals surface area contributed by atoms with Crippen LogP contribution in [0.25, 0.3) is 0 Å². The topological polar surface area (TPSA) is 63.7 Å². The van der Waals surface area contributed by atoms with Crippen molar-refractivity contribution in [3.05, 3.63) is 71.5 Å². The van der Waals surface area contributed by atoms with E-state index in [2.05, 4.69) is 0 Å². The summed E-state index contributed by atoms with van der Waals surface area (Å²) < 4.78 is 18.5. The van der Waals surface area contributed by atoms with Gasteiger partial charge in [-0.15, -0.1) is 11.8 Å². The first kappa shape index (κ1) is 18.7. The second kappa shape index (κ2) is 7.39. The highest BCUT2D eigenvalue weighted by molar-refractivity contribution is 8.00. The summed E-state index contributed by atoms with van der Waals surface area (Å²) in [7, 11) is 0. The zero-order valence-electron chi connectivity index (χ0n) is 15.0. The average Bonchev–Trinajstić information content (AvgIpc) is 3.26. The minimum atomic E-state index is -0.736. The number of carbonyl (C=O) groups excluding carboxylic acids is 3. The molecule has 0 aromatic heterocycles. The fourth-order valence-corrected chi connectivity index (χ4v) is 5.43. The summed E-state index contributed by atoms with van der Waals surface area (Å²) >= 11 is 1.56. The minimum Gasteiger partial charge on any atom is -0.456 e. The third-order valence-electron chi connectivity index (χ3n) is 5.12. The molecule has 0 spiro atoms. The van der Waals surface area contributed by atoms with Crippen LogP contribution in [0.1, 0.15) is 28.8 Å². The molecule has 2 aromatic rings. The van der Waals surface area contributed by atoms with Crippen molar-refractivity contribution in [1.82, 2.24) is 4.90 Å². The lowest BCUT2D eigenvalue weighted by atomic mass is 10.0. The molecule has 144 valence electrons. The van der Waals surface area contributed by atoms with Crippen LogP contribution in [-0.4, -0.2) is 41.0 Å². The lowest BCUT2D eigenvalue weighted by Gasteiger charge is -2.33.